The van der Waals surface area contributed by atoms with Crippen molar-refractivity contribution in [2.45, 2.75) is 44.7 Å². The molecule has 0 saturated heterocycles. The second-order valence-electron chi connectivity index (χ2n) is 3.93. The topological polar surface area (TPSA) is 72.4 Å². The van der Waals surface area contributed by atoms with E-state index in [2.05, 4.69) is 5.32 Å². The minimum Gasteiger partial charge on any atom is -0.616 e. The van der Waals surface area contributed by atoms with Gasteiger partial charge in [0.15, 0.2) is 6.04 Å². The van der Waals surface area contributed by atoms with Crippen molar-refractivity contribution in [2.24, 2.45) is 0 Å². The van der Waals surface area contributed by atoms with Crippen LogP contribution in [0, 0.1) is 0 Å². The average molecular weight is 233 g/mol. The molecule has 88 valence electrons. The Morgan fingerprint density at radius 1 is 1.60 bits per heavy atom. The lowest BCUT2D eigenvalue weighted by atomic mass is 10.2. The quantitative estimate of drug-likeness (QED) is 0.664. The van der Waals surface area contributed by atoms with Crippen LogP contribution in [-0.4, -0.2) is 39.2 Å². The maximum Gasteiger partial charge on any atom is 0.325 e. The molecule has 5 heteroatoms. The molecule has 2 atom stereocenters. The predicted molar refractivity (Wildman–Crippen MR) is 60.4 cm³/mol. The molecule has 1 rings (SSSR count). The monoisotopic (exact) mass is 233 g/mol. The molecule has 1 saturated carbocycles. The van der Waals surface area contributed by atoms with Crippen LogP contribution in [0.1, 0.15) is 32.6 Å². The minimum absolute atomic E-state index is 0.225. The van der Waals surface area contributed by atoms with Gasteiger partial charge in [0, 0.05) is 6.04 Å². The van der Waals surface area contributed by atoms with Crippen molar-refractivity contribution in [2.75, 3.05) is 11.5 Å². The zero-order valence-corrected chi connectivity index (χ0v) is 9.89. The second kappa shape index (κ2) is 6.35. The van der Waals surface area contributed by atoms with Gasteiger partial charge >= 0.3 is 5.97 Å². The number of rotatable bonds is 6. The van der Waals surface area contributed by atoms with Gasteiger partial charge in [-0.05, 0) is 19.8 Å². The summed E-state index contributed by atoms with van der Waals surface area (Å²) in [6.07, 6.45) is 4.42. The number of carbonyl (C=O) groups is 1. The Bertz CT molecular complexity index is 207. The number of aliphatic carboxylic acids is 1. The highest BCUT2D eigenvalue weighted by atomic mass is 32.2. The summed E-state index contributed by atoms with van der Waals surface area (Å²) in [5.74, 6) is -0.137. The number of hydrogen-bond donors (Lipinski definition) is 2. The summed E-state index contributed by atoms with van der Waals surface area (Å²) in [6, 6.07) is -0.339. The maximum absolute atomic E-state index is 11.3. The van der Waals surface area contributed by atoms with Gasteiger partial charge in [-0.2, -0.15) is 0 Å². The lowest BCUT2D eigenvalue weighted by Gasteiger charge is -2.20. The summed E-state index contributed by atoms with van der Waals surface area (Å²) in [4.78, 5) is 10.9. The zero-order chi connectivity index (χ0) is 11.3. The highest BCUT2D eigenvalue weighted by Gasteiger charge is 2.27. The van der Waals surface area contributed by atoms with Crippen LogP contribution in [0.2, 0.25) is 0 Å². The van der Waals surface area contributed by atoms with E-state index in [0.717, 1.165) is 12.8 Å². The molecule has 1 fully saturated rings. The lowest BCUT2D eigenvalue weighted by molar-refractivity contribution is -0.139. The molecule has 0 bridgehead atoms. The van der Waals surface area contributed by atoms with Crippen LogP contribution in [0.3, 0.4) is 0 Å². The van der Waals surface area contributed by atoms with E-state index in [0.29, 0.717) is 11.8 Å². The third-order valence-corrected chi connectivity index (χ3v) is 4.11. The van der Waals surface area contributed by atoms with Crippen molar-refractivity contribution in [3.8, 4) is 0 Å². The summed E-state index contributed by atoms with van der Waals surface area (Å²) in [7, 11) is 0. The Labute approximate surface area is 93.6 Å². The highest BCUT2D eigenvalue weighted by Crippen LogP contribution is 2.18. The number of hydrogen-bond acceptors (Lipinski definition) is 3. The van der Waals surface area contributed by atoms with E-state index in [1.807, 2.05) is 6.92 Å². The molecule has 0 aliphatic heterocycles. The van der Waals surface area contributed by atoms with Crippen LogP contribution in [0.15, 0.2) is 0 Å². The van der Waals surface area contributed by atoms with Gasteiger partial charge in [0.25, 0.3) is 0 Å². The van der Waals surface area contributed by atoms with Gasteiger partial charge < -0.3 is 9.66 Å². The first-order chi connectivity index (χ1) is 7.13. The molecule has 1 unspecified atom stereocenters. The van der Waals surface area contributed by atoms with Crippen LogP contribution in [0.25, 0.3) is 0 Å². The number of carboxylic acid groups (broad SMARTS) is 1. The van der Waals surface area contributed by atoms with Gasteiger partial charge in [0.1, 0.15) is 11.5 Å². The average Bonchev–Trinajstić information content (AvgIpc) is 2.69. The number of carboxylic acids is 1. The van der Waals surface area contributed by atoms with Gasteiger partial charge in [-0.15, -0.1) is 0 Å². The fraction of sp³-hybridized carbons (Fsp3) is 0.900. The van der Waals surface area contributed by atoms with E-state index in [4.69, 9.17) is 5.11 Å². The van der Waals surface area contributed by atoms with Crippen molar-refractivity contribution in [1.82, 2.24) is 5.32 Å². The van der Waals surface area contributed by atoms with Crippen LogP contribution in [0.5, 0.6) is 0 Å². The van der Waals surface area contributed by atoms with E-state index in [1.165, 1.54) is 12.8 Å². The Morgan fingerprint density at radius 2 is 2.20 bits per heavy atom. The van der Waals surface area contributed by atoms with Crippen molar-refractivity contribution in [3.63, 3.8) is 0 Å². The van der Waals surface area contributed by atoms with Crippen LogP contribution >= 0.6 is 0 Å². The molecule has 0 amide bonds. The first kappa shape index (κ1) is 12.8. The van der Waals surface area contributed by atoms with Crippen molar-refractivity contribution in [3.05, 3.63) is 0 Å². The second-order valence-corrected chi connectivity index (χ2v) is 5.72. The Kier molecular flexibility index (Phi) is 5.42. The molecule has 0 radical (unpaired) electrons. The maximum atomic E-state index is 11.3. The van der Waals surface area contributed by atoms with Crippen LogP contribution < -0.4 is 5.32 Å². The Morgan fingerprint density at radius 3 is 2.67 bits per heavy atom. The zero-order valence-electron chi connectivity index (χ0n) is 9.07. The molecule has 1 aliphatic rings. The van der Waals surface area contributed by atoms with Gasteiger partial charge in [-0.1, -0.05) is 24.0 Å². The van der Waals surface area contributed by atoms with Crippen molar-refractivity contribution in [1.29, 1.82) is 0 Å². The van der Waals surface area contributed by atoms with Gasteiger partial charge in [0.2, 0.25) is 0 Å². The normalized spacial score (nSPS) is 21.5. The highest BCUT2D eigenvalue weighted by molar-refractivity contribution is 7.91. The molecule has 0 spiro atoms. The van der Waals surface area contributed by atoms with Gasteiger partial charge in [0.05, 0.1) is 0 Å². The summed E-state index contributed by atoms with van der Waals surface area (Å²) in [5.41, 5.74) is 0. The van der Waals surface area contributed by atoms with E-state index in [1.54, 1.807) is 0 Å². The molecular weight excluding hydrogens is 214 g/mol. The van der Waals surface area contributed by atoms with E-state index in [9.17, 15) is 9.35 Å². The number of nitrogens with one attached hydrogen (secondary N) is 1. The summed E-state index contributed by atoms with van der Waals surface area (Å²) < 4.78 is 11.3. The third kappa shape index (κ3) is 4.40. The van der Waals surface area contributed by atoms with E-state index in [-0.39, 0.29) is 5.75 Å². The molecule has 0 aromatic heterocycles. The first-order valence-electron chi connectivity index (χ1n) is 5.47. The van der Waals surface area contributed by atoms with Crippen LogP contribution in [-0.2, 0) is 16.0 Å². The standard InChI is InChI=1S/C10H19NO3S/c1-2-15(14)7-9(10(12)13)11-8-5-3-4-6-8/h8-9,11H,2-7H2,1H3,(H,12,13)/t9-,15?/m0/s1. The molecule has 0 aromatic carbocycles. The summed E-state index contributed by atoms with van der Waals surface area (Å²) in [5, 5.41) is 12.1. The SMILES string of the molecule is CC[S+]([O-])C[C@H](NC1CCCC1)C(=O)O. The largest absolute Gasteiger partial charge is 0.616 e. The minimum atomic E-state index is -1.02. The van der Waals surface area contributed by atoms with E-state index >= 15 is 0 Å². The first-order valence-corrected chi connectivity index (χ1v) is 6.96. The molecule has 2 N–H and O–H groups in total. The summed E-state index contributed by atoms with van der Waals surface area (Å²) in [6.45, 7) is 1.81. The fourth-order valence-corrected chi connectivity index (χ4v) is 2.72. The summed E-state index contributed by atoms with van der Waals surface area (Å²) >= 11 is -1.02. The molecule has 0 heterocycles. The molecule has 15 heavy (non-hydrogen) atoms. The molecular formula is C10H19NO3S. The smallest absolute Gasteiger partial charge is 0.325 e. The fourth-order valence-electron chi connectivity index (χ4n) is 1.87. The van der Waals surface area contributed by atoms with Gasteiger partial charge in [-0.3, -0.25) is 10.1 Å². The predicted octanol–water partition coefficient (Wildman–Crippen LogP) is 0.740. The van der Waals surface area contributed by atoms with E-state index < -0.39 is 23.2 Å². The van der Waals surface area contributed by atoms with Gasteiger partial charge in [-0.25, -0.2) is 0 Å². The van der Waals surface area contributed by atoms with Crippen molar-refractivity contribution >= 4 is 17.1 Å². The molecule has 1 aliphatic carbocycles. The molecule has 0 aromatic rings. The Hall–Kier alpha value is -0.260. The van der Waals surface area contributed by atoms with Crippen LogP contribution in [0.4, 0.5) is 0 Å². The van der Waals surface area contributed by atoms with Crippen molar-refractivity contribution < 1.29 is 14.5 Å². The molecule has 4 nitrogen and oxygen atoms in total. The third-order valence-electron chi connectivity index (χ3n) is 2.76. The lowest BCUT2D eigenvalue weighted by Crippen LogP contribution is -2.46. The Balaban J connectivity index is 2.39.